The van der Waals surface area contributed by atoms with Crippen molar-refractivity contribution in [1.29, 1.82) is 0 Å². The van der Waals surface area contributed by atoms with Crippen LogP contribution in [0.4, 0.5) is 5.69 Å². The van der Waals surface area contributed by atoms with Gasteiger partial charge >= 0.3 is 5.97 Å². The van der Waals surface area contributed by atoms with E-state index in [0.717, 1.165) is 24.2 Å². The number of H-pyrrole nitrogens is 1. The Morgan fingerprint density at radius 1 is 1.31 bits per heavy atom. The van der Waals surface area contributed by atoms with Gasteiger partial charge < -0.3 is 14.4 Å². The Morgan fingerprint density at radius 2 is 2.15 bits per heavy atom. The van der Waals surface area contributed by atoms with Crippen LogP contribution in [0.2, 0.25) is 0 Å². The number of fused-ring (bicyclic) bond motifs is 2. The van der Waals surface area contributed by atoms with Gasteiger partial charge in [-0.25, -0.2) is 4.79 Å². The molecule has 0 fully saturated rings. The molecule has 1 amide bonds. The molecule has 26 heavy (non-hydrogen) atoms. The van der Waals surface area contributed by atoms with Crippen molar-refractivity contribution in [2.75, 3.05) is 24.6 Å². The maximum atomic E-state index is 12.9. The molecular weight excluding hydrogens is 331 g/mol. The highest BCUT2D eigenvalue weighted by molar-refractivity contribution is 6.08. The highest BCUT2D eigenvalue weighted by atomic mass is 16.5. The molecule has 0 bridgehead atoms. The van der Waals surface area contributed by atoms with Gasteiger partial charge in [-0.2, -0.15) is 5.10 Å². The number of anilines is 1. The molecule has 0 aliphatic carbocycles. The van der Waals surface area contributed by atoms with Gasteiger partial charge in [0, 0.05) is 24.3 Å². The lowest BCUT2D eigenvalue weighted by Gasteiger charge is -2.30. The van der Waals surface area contributed by atoms with Crippen molar-refractivity contribution in [2.24, 2.45) is 0 Å². The number of amides is 1. The van der Waals surface area contributed by atoms with Gasteiger partial charge in [0.15, 0.2) is 13.7 Å². The third-order valence-corrected chi connectivity index (χ3v) is 4.92. The van der Waals surface area contributed by atoms with Crippen LogP contribution >= 0.6 is 0 Å². The number of nitrogens with one attached hydrogen (secondary N) is 1. The van der Waals surface area contributed by atoms with E-state index in [0.29, 0.717) is 25.1 Å². The quantitative estimate of drug-likeness (QED) is 0.666. The maximum Gasteiger partial charge on any atom is 0.356 e. The number of esters is 1. The van der Waals surface area contributed by atoms with Crippen LogP contribution in [-0.2, 0) is 24.1 Å². The van der Waals surface area contributed by atoms with Crippen molar-refractivity contribution in [1.82, 2.24) is 15.0 Å². The van der Waals surface area contributed by atoms with Crippen molar-refractivity contribution in [3.63, 3.8) is 0 Å². The number of carbonyl (C=O) groups excluding carboxylic acids is 2. The van der Waals surface area contributed by atoms with Crippen LogP contribution in [0.25, 0.3) is 0 Å². The standard InChI is InChI=1S/C18H19BN4O3/c1-2-26-18(25)16-14-6-8-23(17(24)15(14)20-21-16)13-4-3-11-5-7-22(19)10-12(11)9-13/h3-4,9H,2,5-8,10H2,1H3,(H,20,21). The average molecular weight is 350 g/mol. The molecule has 2 radical (unpaired) electrons. The average Bonchev–Trinajstić information content (AvgIpc) is 3.07. The van der Waals surface area contributed by atoms with Gasteiger partial charge in [0.05, 0.1) is 6.61 Å². The van der Waals surface area contributed by atoms with E-state index in [2.05, 4.69) is 16.3 Å². The number of hydrogen-bond donors (Lipinski definition) is 1. The van der Waals surface area contributed by atoms with Crippen LogP contribution in [0.3, 0.4) is 0 Å². The molecule has 1 N–H and O–H groups in total. The molecule has 0 atom stereocenters. The second-order valence-electron chi connectivity index (χ2n) is 6.53. The minimum Gasteiger partial charge on any atom is -0.461 e. The van der Waals surface area contributed by atoms with Crippen molar-refractivity contribution in [3.8, 4) is 0 Å². The van der Waals surface area contributed by atoms with Crippen LogP contribution in [-0.4, -0.2) is 54.6 Å². The number of hydrogen-bond acceptors (Lipinski definition) is 5. The summed E-state index contributed by atoms with van der Waals surface area (Å²) in [5.41, 5.74) is 4.44. The first-order valence-corrected chi connectivity index (χ1v) is 8.76. The summed E-state index contributed by atoms with van der Waals surface area (Å²) in [5, 5.41) is 6.73. The molecule has 0 unspecified atom stereocenters. The number of nitrogens with zero attached hydrogens (tertiary/aromatic N) is 3. The number of ether oxygens (including phenoxy) is 1. The highest BCUT2D eigenvalue weighted by Crippen LogP contribution is 2.29. The van der Waals surface area contributed by atoms with E-state index >= 15 is 0 Å². The van der Waals surface area contributed by atoms with E-state index < -0.39 is 5.97 Å². The number of carbonyl (C=O) groups is 2. The number of aromatic nitrogens is 2. The third kappa shape index (κ3) is 2.80. The van der Waals surface area contributed by atoms with Crippen LogP contribution < -0.4 is 4.90 Å². The Kier molecular flexibility index (Phi) is 4.28. The van der Waals surface area contributed by atoms with Gasteiger partial charge in [-0.3, -0.25) is 9.89 Å². The zero-order chi connectivity index (χ0) is 18.3. The fourth-order valence-electron chi connectivity index (χ4n) is 3.59. The lowest BCUT2D eigenvalue weighted by Crippen LogP contribution is -2.38. The SMILES string of the molecule is [B]N1CCc2ccc(N3CCc4c(n[nH]c4C(=O)OCC)C3=O)cc2C1. The van der Waals surface area contributed by atoms with Crippen molar-refractivity contribution in [2.45, 2.75) is 26.3 Å². The summed E-state index contributed by atoms with van der Waals surface area (Å²) in [4.78, 5) is 28.4. The summed E-state index contributed by atoms with van der Waals surface area (Å²) in [6, 6.07) is 6.05. The second-order valence-corrected chi connectivity index (χ2v) is 6.53. The topological polar surface area (TPSA) is 78.5 Å². The summed E-state index contributed by atoms with van der Waals surface area (Å²) >= 11 is 0. The first-order valence-electron chi connectivity index (χ1n) is 8.76. The first-order chi connectivity index (χ1) is 12.6. The van der Waals surface area contributed by atoms with Crippen LogP contribution in [0.15, 0.2) is 18.2 Å². The van der Waals surface area contributed by atoms with Crippen LogP contribution in [0.1, 0.15) is 44.6 Å². The predicted octanol–water partition coefficient (Wildman–Crippen LogP) is 1.23. The smallest absolute Gasteiger partial charge is 0.356 e. The number of rotatable bonds is 3. The largest absolute Gasteiger partial charge is 0.461 e. The van der Waals surface area contributed by atoms with Crippen molar-refractivity contribution >= 4 is 25.5 Å². The number of benzene rings is 1. The Hall–Kier alpha value is -2.61. The summed E-state index contributed by atoms with van der Waals surface area (Å²) in [6.07, 6.45) is 1.46. The van der Waals surface area contributed by atoms with Crippen molar-refractivity contribution in [3.05, 3.63) is 46.3 Å². The monoisotopic (exact) mass is 350 g/mol. The summed E-state index contributed by atoms with van der Waals surface area (Å²) in [7, 11) is 5.92. The molecule has 2 aromatic rings. The zero-order valence-electron chi connectivity index (χ0n) is 14.6. The molecule has 2 aliphatic heterocycles. The van der Waals surface area contributed by atoms with Gasteiger partial charge in [-0.15, -0.1) is 0 Å². The Bertz CT molecular complexity index is 879. The molecule has 1 aromatic heterocycles. The highest BCUT2D eigenvalue weighted by Gasteiger charge is 2.33. The van der Waals surface area contributed by atoms with Gasteiger partial charge in [0.1, 0.15) is 5.69 Å². The summed E-state index contributed by atoms with van der Waals surface area (Å²) < 4.78 is 5.02. The van der Waals surface area contributed by atoms with E-state index in [9.17, 15) is 9.59 Å². The van der Waals surface area contributed by atoms with Gasteiger partial charge in [-0.05, 0) is 49.6 Å². The van der Waals surface area contributed by atoms with Crippen molar-refractivity contribution < 1.29 is 14.3 Å². The molecule has 2 aliphatic rings. The molecule has 132 valence electrons. The minimum absolute atomic E-state index is 0.210. The minimum atomic E-state index is -0.473. The Balaban J connectivity index is 1.62. The molecule has 7 nitrogen and oxygen atoms in total. The number of aromatic amines is 1. The molecule has 0 saturated heterocycles. The Morgan fingerprint density at radius 3 is 2.96 bits per heavy atom. The molecule has 8 heteroatoms. The molecule has 1 aromatic carbocycles. The van der Waals surface area contributed by atoms with Crippen LogP contribution in [0, 0.1) is 0 Å². The maximum absolute atomic E-state index is 12.9. The Labute approximate surface area is 152 Å². The van der Waals surface area contributed by atoms with Crippen LogP contribution in [0.5, 0.6) is 0 Å². The fraction of sp³-hybridized carbons (Fsp3) is 0.389. The normalized spacial score (nSPS) is 17.0. The molecule has 3 heterocycles. The predicted molar refractivity (Wildman–Crippen MR) is 96.2 cm³/mol. The first kappa shape index (κ1) is 16.8. The van der Waals surface area contributed by atoms with E-state index in [1.165, 1.54) is 5.56 Å². The lowest BCUT2D eigenvalue weighted by molar-refractivity contribution is 0.0518. The third-order valence-electron chi connectivity index (χ3n) is 4.92. The summed E-state index contributed by atoms with van der Waals surface area (Å²) in [5.74, 6) is -0.683. The summed E-state index contributed by atoms with van der Waals surface area (Å²) in [6.45, 7) is 4.02. The van der Waals surface area contributed by atoms with Gasteiger partial charge in [-0.1, -0.05) is 6.07 Å². The molecule has 0 saturated carbocycles. The van der Waals surface area contributed by atoms with E-state index in [1.807, 2.05) is 12.1 Å². The van der Waals surface area contributed by atoms with E-state index in [4.69, 9.17) is 12.7 Å². The van der Waals surface area contributed by atoms with E-state index in [-0.39, 0.29) is 23.9 Å². The van der Waals surface area contributed by atoms with Gasteiger partial charge in [0.2, 0.25) is 0 Å². The zero-order valence-corrected chi connectivity index (χ0v) is 14.6. The van der Waals surface area contributed by atoms with E-state index in [1.54, 1.807) is 16.6 Å². The molecule has 0 spiro atoms. The fourth-order valence-corrected chi connectivity index (χ4v) is 3.59. The lowest BCUT2D eigenvalue weighted by atomic mass is 9.96. The molecule has 4 rings (SSSR count). The second kappa shape index (κ2) is 6.61. The van der Waals surface area contributed by atoms with Gasteiger partial charge in [0.25, 0.3) is 5.91 Å². The molecular formula is C18H19BN4O3.